The summed E-state index contributed by atoms with van der Waals surface area (Å²) in [6, 6.07) is 8.80. The van der Waals surface area contributed by atoms with Gasteiger partial charge in [-0.25, -0.2) is 0 Å². The zero-order valence-corrected chi connectivity index (χ0v) is 16.2. The Kier molecular flexibility index (Phi) is 25.7. The molecular formula is C19H38S. The molecule has 120 valence electrons. The molecule has 0 N–H and O–H groups in total. The molecule has 0 spiro atoms. The molecule has 0 saturated carbocycles. The maximum atomic E-state index is 2.26. The van der Waals surface area contributed by atoms with Crippen LogP contribution in [0.4, 0.5) is 0 Å². The SMILES string of the molecule is CC.CC.CC.CCCCc1ccccc1SC(C)C. The molecule has 0 aliphatic rings. The number of aryl methyl sites for hydroxylation is 1. The van der Waals surface area contributed by atoms with Crippen molar-refractivity contribution in [2.24, 2.45) is 0 Å². The first-order chi connectivity index (χ1) is 9.74. The Morgan fingerprint density at radius 3 is 1.85 bits per heavy atom. The minimum atomic E-state index is 0.678. The van der Waals surface area contributed by atoms with Crippen LogP contribution in [0.1, 0.15) is 80.7 Å². The highest BCUT2D eigenvalue weighted by molar-refractivity contribution is 8.00. The summed E-state index contributed by atoms with van der Waals surface area (Å²) in [5, 5.41) is 0.678. The molecule has 0 heterocycles. The number of rotatable bonds is 5. The molecule has 0 unspecified atom stereocenters. The van der Waals surface area contributed by atoms with E-state index in [1.165, 1.54) is 29.7 Å². The van der Waals surface area contributed by atoms with E-state index in [9.17, 15) is 0 Å². The zero-order valence-electron chi connectivity index (χ0n) is 15.4. The maximum Gasteiger partial charge on any atom is 0.0107 e. The number of thioether (sulfide) groups is 1. The van der Waals surface area contributed by atoms with Crippen LogP contribution in [0.25, 0.3) is 0 Å². The lowest BCUT2D eigenvalue weighted by Gasteiger charge is -2.10. The molecule has 1 heteroatoms. The van der Waals surface area contributed by atoms with E-state index in [0.717, 1.165) is 0 Å². The summed E-state index contributed by atoms with van der Waals surface area (Å²) >= 11 is 1.98. The summed E-state index contributed by atoms with van der Waals surface area (Å²) in [6.07, 6.45) is 3.81. The zero-order chi connectivity index (χ0) is 16.4. The van der Waals surface area contributed by atoms with Crippen LogP contribution in [0.5, 0.6) is 0 Å². The van der Waals surface area contributed by atoms with Crippen LogP contribution < -0.4 is 0 Å². The van der Waals surface area contributed by atoms with Gasteiger partial charge in [0, 0.05) is 10.1 Å². The molecule has 0 atom stereocenters. The summed E-state index contributed by atoms with van der Waals surface area (Å²) in [5.41, 5.74) is 1.52. The van der Waals surface area contributed by atoms with Crippen LogP contribution in [-0.2, 0) is 6.42 Å². The molecule has 0 nitrogen and oxygen atoms in total. The van der Waals surface area contributed by atoms with Crippen LogP contribution in [-0.4, -0.2) is 5.25 Å². The molecule has 1 aromatic carbocycles. The van der Waals surface area contributed by atoms with E-state index in [1.807, 2.05) is 53.3 Å². The highest BCUT2D eigenvalue weighted by Crippen LogP contribution is 2.27. The molecule has 1 rings (SSSR count). The highest BCUT2D eigenvalue weighted by Gasteiger charge is 2.03. The van der Waals surface area contributed by atoms with Crippen molar-refractivity contribution in [1.82, 2.24) is 0 Å². The molecule has 0 amide bonds. The number of hydrogen-bond acceptors (Lipinski definition) is 1. The summed E-state index contributed by atoms with van der Waals surface area (Å²) < 4.78 is 0. The van der Waals surface area contributed by atoms with E-state index >= 15 is 0 Å². The van der Waals surface area contributed by atoms with Gasteiger partial charge in [-0.05, 0) is 24.5 Å². The predicted molar refractivity (Wildman–Crippen MR) is 100 cm³/mol. The van der Waals surface area contributed by atoms with Gasteiger partial charge in [-0.15, -0.1) is 11.8 Å². The second kappa shape index (κ2) is 20.9. The van der Waals surface area contributed by atoms with Crippen molar-refractivity contribution >= 4 is 11.8 Å². The van der Waals surface area contributed by atoms with Gasteiger partial charge >= 0.3 is 0 Å². The molecule has 20 heavy (non-hydrogen) atoms. The molecule has 0 aliphatic carbocycles. The van der Waals surface area contributed by atoms with Gasteiger partial charge in [0.1, 0.15) is 0 Å². The minimum Gasteiger partial charge on any atom is -0.123 e. The Labute approximate surface area is 133 Å². The van der Waals surface area contributed by atoms with E-state index in [0.29, 0.717) is 5.25 Å². The van der Waals surface area contributed by atoms with Gasteiger partial charge in [-0.1, -0.05) is 86.9 Å². The third kappa shape index (κ3) is 14.0. The Morgan fingerprint density at radius 1 is 0.900 bits per heavy atom. The van der Waals surface area contributed by atoms with E-state index in [2.05, 4.69) is 45.0 Å². The standard InChI is InChI=1S/C13H20S.3C2H6/c1-4-5-8-12-9-6-7-10-13(12)14-11(2)3;3*1-2/h6-7,9-11H,4-5,8H2,1-3H3;3*1-2H3. The number of hydrogen-bond donors (Lipinski definition) is 0. The fourth-order valence-electron chi connectivity index (χ4n) is 1.45. The minimum absolute atomic E-state index is 0.678. The molecule has 1 aromatic rings. The molecular weight excluding hydrogens is 260 g/mol. The quantitative estimate of drug-likeness (QED) is 0.504. The van der Waals surface area contributed by atoms with E-state index in [1.54, 1.807) is 0 Å². The smallest absolute Gasteiger partial charge is 0.0107 e. The Hall–Kier alpha value is -0.430. The highest BCUT2D eigenvalue weighted by atomic mass is 32.2. The summed E-state index contributed by atoms with van der Waals surface area (Å²) in [6.45, 7) is 18.8. The van der Waals surface area contributed by atoms with E-state index < -0.39 is 0 Å². The van der Waals surface area contributed by atoms with Crippen LogP contribution in [0.15, 0.2) is 29.2 Å². The third-order valence-corrected chi connectivity index (χ3v) is 3.26. The molecule has 0 aliphatic heterocycles. The largest absolute Gasteiger partial charge is 0.123 e. The van der Waals surface area contributed by atoms with Crippen molar-refractivity contribution in [3.05, 3.63) is 29.8 Å². The fourth-order valence-corrected chi connectivity index (χ4v) is 2.43. The monoisotopic (exact) mass is 298 g/mol. The topological polar surface area (TPSA) is 0 Å². The van der Waals surface area contributed by atoms with Crippen LogP contribution in [0.3, 0.4) is 0 Å². The van der Waals surface area contributed by atoms with E-state index in [4.69, 9.17) is 0 Å². The second-order valence-corrected chi connectivity index (χ2v) is 5.50. The lowest BCUT2D eigenvalue weighted by Crippen LogP contribution is -1.92. The van der Waals surface area contributed by atoms with Gasteiger partial charge in [-0.3, -0.25) is 0 Å². The lowest BCUT2D eigenvalue weighted by atomic mass is 10.1. The average molecular weight is 299 g/mol. The normalized spacial score (nSPS) is 8.50. The van der Waals surface area contributed by atoms with Crippen LogP contribution in [0, 0.1) is 0 Å². The second-order valence-electron chi connectivity index (χ2n) is 3.88. The van der Waals surface area contributed by atoms with Crippen molar-refractivity contribution in [2.75, 3.05) is 0 Å². The number of benzene rings is 1. The van der Waals surface area contributed by atoms with Gasteiger partial charge in [0.25, 0.3) is 0 Å². The summed E-state index contributed by atoms with van der Waals surface area (Å²) in [5.74, 6) is 0. The van der Waals surface area contributed by atoms with Gasteiger partial charge in [0.05, 0.1) is 0 Å². The Balaban J connectivity index is -0.000000425. The average Bonchev–Trinajstić information content (AvgIpc) is 2.52. The van der Waals surface area contributed by atoms with Crippen molar-refractivity contribution in [3.8, 4) is 0 Å². The lowest BCUT2D eigenvalue weighted by molar-refractivity contribution is 0.785. The molecule has 0 bridgehead atoms. The number of unbranched alkanes of at least 4 members (excludes halogenated alkanes) is 1. The fraction of sp³-hybridized carbons (Fsp3) is 0.684. The molecule has 0 fully saturated rings. The van der Waals surface area contributed by atoms with Crippen molar-refractivity contribution in [2.45, 2.75) is 91.7 Å². The Morgan fingerprint density at radius 2 is 1.40 bits per heavy atom. The molecule has 0 radical (unpaired) electrons. The maximum absolute atomic E-state index is 2.26. The third-order valence-electron chi connectivity index (χ3n) is 2.13. The van der Waals surface area contributed by atoms with Gasteiger partial charge < -0.3 is 0 Å². The van der Waals surface area contributed by atoms with Crippen molar-refractivity contribution in [1.29, 1.82) is 0 Å². The van der Waals surface area contributed by atoms with Crippen molar-refractivity contribution < 1.29 is 0 Å². The predicted octanol–water partition coefficient (Wildman–Crippen LogP) is 7.61. The molecule has 0 saturated heterocycles. The van der Waals surface area contributed by atoms with Crippen LogP contribution >= 0.6 is 11.8 Å². The first kappa shape index (κ1) is 24.6. The summed E-state index contributed by atoms with van der Waals surface area (Å²) in [4.78, 5) is 1.47. The van der Waals surface area contributed by atoms with Crippen molar-refractivity contribution in [3.63, 3.8) is 0 Å². The van der Waals surface area contributed by atoms with Gasteiger partial charge in [0.15, 0.2) is 0 Å². The Bertz CT molecular complexity index is 266. The van der Waals surface area contributed by atoms with Gasteiger partial charge in [-0.2, -0.15) is 0 Å². The molecule has 0 aromatic heterocycles. The van der Waals surface area contributed by atoms with E-state index in [-0.39, 0.29) is 0 Å². The first-order valence-electron chi connectivity index (χ1n) is 8.48. The van der Waals surface area contributed by atoms with Crippen LogP contribution in [0.2, 0.25) is 0 Å². The summed E-state index contributed by atoms with van der Waals surface area (Å²) in [7, 11) is 0. The van der Waals surface area contributed by atoms with Gasteiger partial charge in [0.2, 0.25) is 0 Å². The first-order valence-corrected chi connectivity index (χ1v) is 9.36.